The number of rotatable bonds is 3. The summed E-state index contributed by atoms with van der Waals surface area (Å²) in [5.74, 6) is -2.09. The fraction of sp³-hybridized carbons (Fsp3) is 0.333. The first-order valence-corrected chi connectivity index (χ1v) is 6.11. The molecule has 6 nitrogen and oxygen atoms in total. The molecule has 2 aromatic heterocycles. The van der Waals surface area contributed by atoms with Crippen molar-refractivity contribution in [3.63, 3.8) is 0 Å². The van der Waals surface area contributed by atoms with E-state index < -0.39 is 35.9 Å². The summed E-state index contributed by atoms with van der Waals surface area (Å²) >= 11 is 0. The van der Waals surface area contributed by atoms with E-state index in [1.54, 1.807) is 6.92 Å². The van der Waals surface area contributed by atoms with Gasteiger partial charge in [-0.15, -0.1) is 0 Å². The molecule has 0 aliphatic heterocycles. The molecule has 2 heterocycles. The van der Waals surface area contributed by atoms with Crippen LogP contribution in [0, 0.1) is 0 Å². The third-order valence-corrected chi connectivity index (χ3v) is 2.15. The summed E-state index contributed by atoms with van der Waals surface area (Å²) in [7, 11) is 0. The van der Waals surface area contributed by atoms with Crippen LogP contribution in [-0.2, 0) is 38.9 Å². The number of nitrogens with one attached hydrogen (secondary N) is 1. The molecule has 2 N–H and O–H groups in total. The number of alkyl halides is 5. The first-order chi connectivity index (χ1) is 10.7. The van der Waals surface area contributed by atoms with Gasteiger partial charge in [0.25, 0.3) is 0 Å². The van der Waals surface area contributed by atoms with Crippen molar-refractivity contribution in [1.29, 1.82) is 0 Å². The van der Waals surface area contributed by atoms with Crippen LogP contribution in [0.5, 0.6) is 11.6 Å². The molecule has 2 rings (SSSR count). The van der Waals surface area contributed by atoms with E-state index in [9.17, 15) is 22.0 Å². The van der Waals surface area contributed by atoms with Gasteiger partial charge < -0.3 is 15.6 Å². The predicted molar refractivity (Wildman–Crippen MR) is 69.5 cm³/mol. The van der Waals surface area contributed by atoms with Crippen LogP contribution in [0.2, 0.25) is 0 Å². The van der Waals surface area contributed by atoms with Crippen molar-refractivity contribution < 1.29 is 64.5 Å². The van der Waals surface area contributed by atoms with Crippen molar-refractivity contribution in [1.82, 2.24) is 14.8 Å². The molecule has 0 aliphatic carbocycles. The smallest absolute Gasteiger partial charge is 0.437 e. The number of nitrogens with zero attached hydrogens (tertiary/aromatic N) is 3. The second-order valence-electron chi connectivity index (χ2n) is 3.85. The zero-order chi connectivity index (χ0) is 17.6. The van der Waals surface area contributed by atoms with Crippen molar-refractivity contribution in [2.45, 2.75) is 19.7 Å². The zero-order valence-electron chi connectivity index (χ0n) is 12.3. The summed E-state index contributed by atoms with van der Waals surface area (Å²) in [6, 6.07) is 3.31. The summed E-state index contributed by atoms with van der Waals surface area (Å²) in [6.07, 6.45) is -4.31. The number of hydrogen-bond acceptors (Lipinski definition) is 4. The summed E-state index contributed by atoms with van der Waals surface area (Å²) in [5.41, 5.74) is 4.75. The molecule has 2 aromatic rings. The van der Waals surface area contributed by atoms with E-state index in [2.05, 4.69) is 14.8 Å². The maximum atomic E-state index is 12.7. The Bertz CT molecular complexity index is 636. The number of hydrogen-bond donors (Lipinski definition) is 1. The first-order valence-electron chi connectivity index (χ1n) is 6.11. The minimum atomic E-state index is -4.89. The Kier molecular flexibility index (Phi) is 9.30. The first kappa shape index (κ1) is 22.7. The minimum Gasteiger partial charge on any atom is -0.678 e. The van der Waals surface area contributed by atoms with Gasteiger partial charge in [-0.05, 0) is 6.07 Å². The molecule has 0 saturated heterocycles. The molecule has 0 saturated carbocycles. The number of ether oxygens (including phenoxy) is 1. The average molecular weight is 428 g/mol. The SMILES string of the molecule is CC[NH-].Oc1cnn(-c2cccc(OC(F)F)n2)c1C(F)(F)F.[Y]. The van der Waals surface area contributed by atoms with Gasteiger partial charge >= 0.3 is 12.8 Å². The molecule has 0 aromatic carbocycles. The second kappa shape index (κ2) is 9.85. The number of halogens is 5. The quantitative estimate of drug-likeness (QED) is 0.757. The van der Waals surface area contributed by atoms with Gasteiger partial charge in [-0.2, -0.15) is 38.6 Å². The van der Waals surface area contributed by atoms with E-state index in [1.165, 1.54) is 6.07 Å². The average Bonchev–Trinajstić information content (AvgIpc) is 2.81. The number of aromatic nitrogens is 3. The molecule has 0 unspecified atom stereocenters. The molecule has 0 fully saturated rings. The van der Waals surface area contributed by atoms with Crippen molar-refractivity contribution in [3.05, 3.63) is 35.8 Å². The molecule has 0 aliphatic rings. The van der Waals surface area contributed by atoms with Crippen molar-refractivity contribution in [3.8, 4) is 17.4 Å². The van der Waals surface area contributed by atoms with Crippen molar-refractivity contribution in [2.24, 2.45) is 0 Å². The van der Waals surface area contributed by atoms with E-state index in [0.29, 0.717) is 12.7 Å². The largest absolute Gasteiger partial charge is 0.678 e. The maximum Gasteiger partial charge on any atom is 0.437 e. The molecule has 0 amide bonds. The van der Waals surface area contributed by atoms with Crippen LogP contribution in [0.15, 0.2) is 24.4 Å². The maximum absolute atomic E-state index is 12.7. The molecule has 12 heteroatoms. The fourth-order valence-corrected chi connectivity index (χ4v) is 1.46. The number of pyridine rings is 1. The molecular formula is C12H12F5N4O2Y-. The Morgan fingerprint density at radius 1 is 1.33 bits per heavy atom. The standard InChI is InChI=1S/C10H6F5N3O2.C2H6N.Y/c11-9(12)20-7-3-1-2-6(17-7)18-8(10(13,14)15)5(19)4-16-18;1-2-3;/h1-4,9,19H;3H,2H2,1H3;/q;-1;. The van der Waals surface area contributed by atoms with Gasteiger partial charge in [-0.25, -0.2) is 4.68 Å². The van der Waals surface area contributed by atoms with Crippen molar-refractivity contribution >= 4 is 0 Å². The Morgan fingerprint density at radius 2 is 1.92 bits per heavy atom. The molecule has 0 spiro atoms. The third kappa shape index (κ3) is 6.29. The van der Waals surface area contributed by atoms with Crippen LogP contribution in [0.25, 0.3) is 11.6 Å². The molecule has 131 valence electrons. The van der Waals surface area contributed by atoms with Crippen LogP contribution in [0.1, 0.15) is 12.6 Å². The van der Waals surface area contributed by atoms with Gasteiger partial charge in [0.2, 0.25) is 5.88 Å². The van der Waals surface area contributed by atoms with Gasteiger partial charge in [0.1, 0.15) is 0 Å². The van der Waals surface area contributed by atoms with Crippen molar-refractivity contribution in [2.75, 3.05) is 6.54 Å². The molecule has 24 heavy (non-hydrogen) atoms. The van der Waals surface area contributed by atoms with Crippen LogP contribution in [-0.4, -0.2) is 33.0 Å². The van der Waals surface area contributed by atoms with E-state index >= 15 is 0 Å². The van der Waals surface area contributed by atoms with E-state index in [0.717, 1.165) is 12.1 Å². The topological polar surface area (TPSA) is 84.0 Å². The Morgan fingerprint density at radius 3 is 2.42 bits per heavy atom. The van der Waals surface area contributed by atoms with Gasteiger partial charge in [-0.3, -0.25) is 0 Å². The minimum absolute atomic E-state index is 0. The summed E-state index contributed by atoms with van der Waals surface area (Å²) < 4.78 is 66.5. The van der Waals surface area contributed by atoms with E-state index in [1.807, 2.05) is 0 Å². The van der Waals surface area contributed by atoms with Crippen LogP contribution < -0.4 is 4.74 Å². The Labute approximate surface area is 158 Å². The van der Waals surface area contributed by atoms with Crippen LogP contribution in [0.3, 0.4) is 0 Å². The summed E-state index contributed by atoms with van der Waals surface area (Å²) in [5, 5.41) is 12.5. The van der Waals surface area contributed by atoms with Crippen LogP contribution >= 0.6 is 0 Å². The van der Waals surface area contributed by atoms with Gasteiger partial charge in [0, 0.05) is 38.8 Å². The Hall–Kier alpha value is -1.33. The second-order valence-corrected chi connectivity index (χ2v) is 3.85. The van der Waals surface area contributed by atoms with Crippen LogP contribution in [0.4, 0.5) is 22.0 Å². The monoisotopic (exact) mass is 428 g/mol. The molecule has 0 atom stereocenters. The molecular weight excluding hydrogens is 416 g/mol. The van der Waals surface area contributed by atoms with E-state index in [4.69, 9.17) is 10.8 Å². The summed E-state index contributed by atoms with van der Waals surface area (Å²) in [4.78, 5) is 3.46. The zero-order valence-corrected chi connectivity index (χ0v) is 15.1. The summed E-state index contributed by atoms with van der Waals surface area (Å²) in [6.45, 7) is -0.870. The third-order valence-electron chi connectivity index (χ3n) is 2.15. The molecule has 1 radical (unpaired) electrons. The van der Waals surface area contributed by atoms with Gasteiger partial charge in [0.15, 0.2) is 17.3 Å². The van der Waals surface area contributed by atoms with Gasteiger partial charge in [-0.1, -0.05) is 13.0 Å². The normalized spacial score (nSPS) is 10.7. The van der Waals surface area contributed by atoms with E-state index in [-0.39, 0.29) is 37.4 Å². The predicted octanol–water partition coefficient (Wildman–Crippen LogP) is 3.65. The van der Waals surface area contributed by atoms with Gasteiger partial charge in [0.05, 0.1) is 6.20 Å². The Balaban J connectivity index is 0.00000123. The molecule has 0 bridgehead atoms. The number of aromatic hydroxyl groups is 1. The fourth-order valence-electron chi connectivity index (χ4n) is 1.46.